The fourth-order valence-electron chi connectivity index (χ4n) is 3.92. The summed E-state index contributed by atoms with van der Waals surface area (Å²) in [5.41, 5.74) is -0.228. The summed E-state index contributed by atoms with van der Waals surface area (Å²) in [6, 6.07) is 0.941. The van der Waals surface area contributed by atoms with Gasteiger partial charge in [0, 0.05) is 22.9 Å². The highest BCUT2D eigenvalue weighted by atomic mass is 19.1. The summed E-state index contributed by atoms with van der Waals surface area (Å²) in [5.74, 6) is -1.64. The van der Waals surface area contributed by atoms with Gasteiger partial charge in [-0.15, -0.1) is 0 Å². The topological polar surface area (TPSA) is 80.6 Å². The average molecular weight is 370 g/mol. The lowest BCUT2D eigenvalue weighted by molar-refractivity contribution is 0.0694. The Morgan fingerprint density at radius 1 is 1.48 bits per heavy atom. The van der Waals surface area contributed by atoms with E-state index in [-0.39, 0.29) is 29.3 Å². The molecular weight excluding hydrogens is 351 g/mol. The molecule has 0 radical (unpaired) electrons. The predicted molar refractivity (Wildman–Crippen MR) is 98.7 cm³/mol. The highest BCUT2D eigenvalue weighted by Crippen LogP contribution is 2.44. The third-order valence-corrected chi connectivity index (χ3v) is 5.19. The van der Waals surface area contributed by atoms with Crippen LogP contribution in [0.25, 0.3) is 10.9 Å². The van der Waals surface area contributed by atoms with Crippen LogP contribution in [0.1, 0.15) is 42.7 Å². The Balaban J connectivity index is 2.14. The summed E-state index contributed by atoms with van der Waals surface area (Å²) < 4.78 is 22.8. The molecule has 7 heteroatoms. The number of rotatable bonds is 2. The van der Waals surface area contributed by atoms with E-state index in [4.69, 9.17) is 4.74 Å². The van der Waals surface area contributed by atoms with Crippen LogP contribution in [-0.2, 0) is 5.41 Å². The number of aromatic carboxylic acids is 1. The van der Waals surface area contributed by atoms with E-state index in [2.05, 4.69) is 5.32 Å². The minimum atomic E-state index is -1.33. The van der Waals surface area contributed by atoms with Crippen molar-refractivity contribution in [3.8, 4) is 5.75 Å². The minimum Gasteiger partial charge on any atom is -0.489 e. The summed E-state index contributed by atoms with van der Waals surface area (Å²) in [4.78, 5) is 24.1. The Morgan fingerprint density at radius 3 is 2.89 bits per heavy atom. The van der Waals surface area contributed by atoms with Crippen molar-refractivity contribution in [2.24, 2.45) is 0 Å². The van der Waals surface area contributed by atoms with Gasteiger partial charge in [-0.1, -0.05) is 12.2 Å². The highest BCUT2D eigenvalue weighted by molar-refractivity contribution is 5.95. The molecule has 1 aromatic carbocycles. The molecule has 2 aliphatic heterocycles. The van der Waals surface area contributed by atoms with Crippen LogP contribution >= 0.6 is 0 Å². The number of benzene rings is 1. The molecule has 0 aliphatic carbocycles. The number of allylic oxidation sites excluding steroid dienone is 3. The largest absolute Gasteiger partial charge is 0.489 e. The first kappa shape index (κ1) is 17.3. The molecule has 4 rings (SSSR count). The number of halogens is 1. The quantitative estimate of drug-likeness (QED) is 0.849. The number of ether oxygens (including phenoxy) is 1. The van der Waals surface area contributed by atoms with Crippen molar-refractivity contribution in [3.63, 3.8) is 0 Å². The van der Waals surface area contributed by atoms with Crippen LogP contribution in [-0.4, -0.2) is 22.2 Å². The molecule has 2 atom stereocenters. The molecule has 2 aromatic rings. The van der Waals surface area contributed by atoms with Crippen LogP contribution in [0.5, 0.6) is 5.75 Å². The lowest BCUT2D eigenvalue weighted by Crippen LogP contribution is -2.31. The molecule has 0 fully saturated rings. The molecule has 27 heavy (non-hydrogen) atoms. The standard InChI is InChI=1S/C20H19FN2O4/c1-10-7-20(3,4-5-22-10)15-14(21)6-12-16-18(15)27-9-11(2)23(16)8-13(17(12)24)19(25)26/h4-8,11,22H,9H2,1-3H3,(H,25,26)/t11-,20?/m1/s1. The third-order valence-electron chi connectivity index (χ3n) is 5.19. The first-order valence-corrected chi connectivity index (χ1v) is 8.64. The maximum absolute atomic E-state index is 15.2. The van der Waals surface area contributed by atoms with Gasteiger partial charge in [0.2, 0.25) is 5.43 Å². The summed E-state index contributed by atoms with van der Waals surface area (Å²) >= 11 is 0. The molecule has 6 nitrogen and oxygen atoms in total. The Kier molecular flexibility index (Phi) is 3.66. The molecule has 0 saturated heterocycles. The van der Waals surface area contributed by atoms with Crippen molar-refractivity contribution in [3.05, 3.63) is 63.5 Å². The molecule has 140 valence electrons. The van der Waals surface area contributed by atoms with Gasteiger partial charge >= 0.3 is 5.97 Å². The Bertz CT molecular complexity index is 1120. The fraction of sp³-hybridized carbons (Fsp3) is 0.300. The van der Waals surface area contributed by atoms with E-state index in [9.17, 15) is 14.7 Å². The normalized spacial score (nSPS) is 23.6. The van der Waals surface area contributed by atoms with Gasteiger partial charge in [0.05, 0.1) is 16.9 Å². The van der Waals surface area contributed by atoms with Gasteiger partial charge in [-0.25, -0.2) is 9.18 Å². The zero-order valence-electron chi connectivity index (χ0n) is 15.2. The van der Waals surface area contributed by atoms with Crippen LogP contribution in [0.3, 0.4) is 0 Å². The molecule has 0 amide bonds. The number of nitrogens with one attached hydrogen (secondary N) is 1. The van der Waals surface area contributed by atoms with Gasteiger partial charge in [0.15, 0.2) is 5.75 Å². The van der Waals surface area contributed by atoms with Crippen LogP contribution in [0.15, 0.2) is 41.1 Å². The first-order valence-electron chi connectivity index (χ1n) is 8.64. The second kappa shape index (κ2) is 5.70. The van der Waals surface area contributed by atoms with Crippen molar-refractivity contribution < 1.29 is 19.0 Å². The molecule has 0 spiro atoms. The molecular formula is C20H19FN2O4. The maximum atomic E-state index is 15.2. The van der Waals surface area contributed by atoms with Gasteiger partial charge in [-0.05, 0) is 33.0 Å². The van der Waals surface area contributed by atoms with Crippen molar-refractivity contribution in [2.75, 3.05) is 6.61 Å². The first-order chi connectivity index (χ1) is 12.7. The number of pyridine rings is 1. The van der Waals surface area contributed by atoms with Gasteiger partial charge in [0.1, 0.15) is 18.0 Å². The SMILES string of the molecule is CC1=CC(C)(c2c(F)cc3c(=O)c(C(=O)O)cn4c3c2OC[C@H]4C)C=CN1. The summed E-state index contributed by atoms with van der Waals surface area (Å²) in [5, 5.41) is 12.4. The van der Waals surface area contributed by atoms with Crippen LogP contribution < -0.4 is 15.5 Å². The number of carbonyl (C=O) groups is 1. The third kappa shape index (κ3) is 2.45. The van der Waals surface area contributed by atoms with E-state index in [1.807, 2.05) is 32.9 Å². The van der Waals surface area contributed by atoms with Crippen molar-refractivity contribution in [1.29, 1.82) is 0 Å². The average Bonchev–Trinajstić information content (AvgIpc) is 2.58. The zero-order valence-corrected chi connectivity index (χ0v) is 15.2. The number of carboxylic acids is 1. The smallest absolute Gasteiger partial charge is 0.341 e. The number of hydrogen-bond donors (Lipinski definition) is 2. The molecule has 3 heterocycles. The number of nitrogens with zero attached hydrogens (tertiary/aromatic N) is 1. The van der Waals surface area contributed by atoms with Gasteiger partial charge in [0.25, 0.3) is 0 Å². The maximum Gasteiger partial charge on any atom is 0.341 e. The minimum absolute atomic E-state index is 0.0138. The van der Waals surface area contributed by atoms with Crippen LogP contribution in [0.4, 0.5) is 4.39 Å². The molecule has 2 aliphatic rings. The van der Waals surface area contributed by atoms with E-state index in [1.165, 1.54) is 6.20 Å². The number of aromatic nitrogens is 1. The van der Waals surface area contributed by atoms with Crippen molar-refractivity contribution in [1.82, 2.24) is 9.88 Å². The van der Waals surface area contributed by atoms with Crippen LogP contribution in [0.2, 0.25) is 0 Å². The molecule has 1 unspecified atom stereocenters. The van der Waals surface area contributed by atoms with Crippen molar-refractivity contribution >= 4 is 16.9 Å². The van der Waals surface area contributed by atoms with Crippen LogP contribution in [0, 0.1) is 5.82 Å². The lowest BCUT2D eigenvalue weighted by Gasteiger charge is -2.34. The molecule has 1 aromatic heterocycles. The molecule has 0 saturated carbocycles. The van der Waals surface area contributed by atoms with Crippen molar-refractivity contribution in [2.45, 2.75) is 32.2 Å². The summed E-state index contributed by atoms with van der Waals surface area (Å²) in [7, 11) is 0. The summed E-state index contributed by atoms with van der Waals surface area (Å²) in [6.45, 7) is 5.85. The van der Waals surface area contributed by atoms with E-state index >= 15 is 4.39 Å². The van der Waals surface area contributed by atoms with Gasteiger partial charge in [-0.2, -0.15) is 0 Å². The van der Waals surface area contributed by atoms with E-state index < -0.39 is 22.6 Å². The molecule has 0 bridgehead atoms. The Morgan fingerprint density at radius 2 is 2.22 bits per heavy atom. The number of carboxylic acid groups (broad SMARTS) is 1. The number of dihydropyridines is 1. The van der Waals surface area contributed by atoms with E-state index in [1.54, 1.807) is 10.8 Å². The lowest BCUT2D eigenvalue weighted by atomic mass is 9.79. The van der Waals surface area contributed by atoms with Gasteiger partial charge < -0.3 is 19.7 Å². The predicted octanol–water partition coefficient (Wildman–Crippen LogP) is 3.07. The fourth-order valence-corrected chi connectivity index (χ4v) is 3.92. The van der Waals surface area contributed by atoms with E-state index in [0.717, 1.165) is 11.8 Å². The summed E-state index contributed by atoms with van der Waals surface area (Å²) in [6.07, 6.45) is 6.80. The highest BCUT2D eigenvalue weighted by Gasteiger charge is 2.35. The zero-order chi connectivity index (χ0) is 19.5. The number of hydrogen-bond acceptors (Lipinski definition) is 4. The Labute approximate surface area is 154 Å². The monoisotopic (exact) mass is 370 g/mol. The second-order valence-corrected chi connectivity index (χ2v) is 7.29. The van der Waals surface area contributed by atoms with Gasteiger partial charge in [-0.3, -0.25) is 4.79 Å². The molecule has 2 N–H and O–H groups in total. The Hall–Kier alpha value is -3.09. The van der Waals surface area contributed by atoms with E-state index in [0.29, 0.717) is 11.1 Å². The second-order valence-electron chi connectivity index (χ2n) is 7.29.